The first-order chi connectivity index (χ1) is 9.73. The van der Waals surface area contributed by atoms with Crippen LogP contribution in [0.5, 0.6) is 0 Å². The summed E-state index contributed by atoms with van der Waals surface area (Å²) in [5.41, 5.74) is -3.30. The van der Waals surface area contributed by atoms with E-state index in [-0.39, 0.29) is 11.5 Å². The van der Waals surface area contributed by atoms with Crippen LogP contribution in [-0.2, 0) is 4.79 Å². The highest BCUT2D eigenvalue weighted by Crippen LogP contribution is 2.38. The lowest BCUT2D eigenvalue weighted by atomic mass is 10.0. The number of aromatic nitrogens is 1. The summed E-state index contributed by atoms with van der Waals surface area (Å²) in [6.07, 6.45) is -3.64. The quantitative estimate of drug-likeness (QED) is 0.873. The highest BCUT2D eigenvalue weighted by Gasteiger charge is 2.65. The minimum absolute atomic E-state index is 0.0809. The molecule has 1 atom stereocenters. The van der Waals surface area contributed by atoms with Crippen molar-refractivity contribution in [1.82, 2.24) is 10.3 Å². The van der Waals surface area contributed by atoms with Crippen LogP contribution in [0, 0.1) is 18.3 Å². The van der Waals surface area contributed by atoms with Gasteiger partial charge in [-0.05, 0) is 25.5 Å². The molecule has 0 saturated heterocycles. The summed E-state index contributed by atoms with van der Waals surface area (Å²) in [5, 5.41) is 13.0. The Morgan fingerprint density at radius 3 is 2.57 bits per heavy atom. The predicted octanol–water partition coefficient (Wildman–Crippen LogP) is 2.03. The summed E-state index contributed by atoms with van der Waals surface area (Å²) in [6.45, 7) is 2.81. The molecule has 1 aromatic rings. The van der Waals surface area contributed by atoms with Gasteiger partial charge in [-0.1, -0.05) is 6.07 Å². The van der Waals surface area contributed by atoms with E-state index in [0.717, 1.165) is 0 Å². The molecule has 0 bridgehead atoms. The van der Waals surface area contributed by atoms with Crippen LogP contribution in [0.15, 0.2) is 29.6 Å². The number of nitriles is 1. The van der Waals surface area contributed by atoms with Gasteiger partial charge >= 0.3 is 6.18 Å². The van der Waals surface area contributed by atoms with Crippen molar-refractivity contribution in [1.29, 1.82) is 5.26 Å². The molecule has 0 aliphatic carbocycles. The van der Waals surface area contributed by atoms with Gasteiger partial charge in [0.25, 0.3) is 5.66 Å². The van der Waals surface area contributed by atoms with Gasteiger partial charge in [-0.25, -0.2) is 4.98 Å². The Morgan fingerprint density at radius 1 is 1.43 bits per heavy atom. The molecule has 0 fully saturated rings. The number of hydrogen-bond donors (Lipinski definition) is 2. The monoisotopic (exact) mass is 296 g/mol. The Bertz CT molecular complexity index is 675. The number of carbonyl (C=O) groups is 1. The fraction of sp³-hybridized carbons (Fsp3) is 0.308. The van der Waals surface area contributed by atoms with E-state index in [2.05, 4.69) is 15.6 Å². The number of alkyl halides is 3. The summed E-state index contributed by atoms with van der Waals surface area (Å²) < 4.78 is 40.4. The lowest BCUT2D eigenvalue weighted by Crippen LogP contribution is -2.64. The fourth-order valence-corrected chi connectivity index (χ4v) is 2.05. The van der Waals surface area contributed by atoms with Crippen LogP contribution in [0.2, 0.25) is 0 Å². The van der Waals surface area contributed by atoms with Gasteiger partial charge in [-0.3, -0.25) is 4.79 Å². The summed E-state index contributed by atoms with van der Waals surface area (Å²) in [5.74, 6) is -1.44. The van der Waals surface area contributed by atoms with Gasteiger partial charge < -0.3 is 10.6 Å². The van der Waals surface area contributed by atoms with E-state index < -0.39 is 23.2 Å². The minimum Gasteiger partial charge on any atom is -0.351 e. The summed E-state index contributed by atoms with van der Waals surface area (Å²) in [7, 11) is 0. The average Bonchev–Trinajstić information content (AvgIpc) is 2.64. The van der Waals surface area contributed by atoms with Crippen molar-refractivity contribution >= 4 is 11.6 Å². The van der Waals surface area contributed by atoms with Crippen LogP contribution >= 0.6 is 0 Å². The summed E-state index contributed by atoms with van der Waals surface area (Å²) in [4.78, 5) is 15.9. The second-order valence-corrected chi connectivity index (χ2v) is 4.61. The number of allylic oxidation sites excluding steroid dienone is 1. The second kappa shape index (κ2) is 4.77. The van der Waals surface area contributed by atoms with Gasteiger partial charge in [0.1, 0.15) is 17.5 Å². The number of aryl methyl sites for hydroxylation is 1. The first-order valence-corrected chi connectivity index (χ1v) is 5.93. The SMILES string of the molecule is CC1=C(C#N)C(=O)[C@](Nc2ncccc2C)(C(F)(F)F)N1. The maximum atomic E-state index is 13.5. The van der Waals surface area contributed by atoms with Crippen molar-refractivity contribution in [2.45, 2.75) is 25.7 Å². The van der Waals surface area contributed by atoms with Crippen molar-refractivity contribution in [2.75, 3.05) is 5.32 Å². The Labute approximate surface area is 118 Å². The highest BCUT2D eigenvalue weighted by atomic mass is 19.4. The number of nitrogens with one attached hydrogen (secondary N) is 2. The number of Topliss-reactive ketones (excluding diaryl/α,β-unsaturated/α-hetero) is 1. The second-order valence-electron chi connectivity index (χ2n) is 4.61. The molecule has 2 N–H and O–H groups in total. The molecule has 0 unspecified atom stereocenters. The van der Waals surface area contributed by atoms with Gasteiger partial charge in [-0.2, -0.15) is 18.4 Å². The Balaban J connectivity index is 2.51. The van der Waals surface area contributed by atoms with Gasteiger partial charge in [0.2, 0.25) is 5.78 Å². The number of anilines is 1. The third-order valence-electron chi connectivity index (χ3n) is 3.17. The van der Waals surface area contributed by atoms with E-state index in [1.165, 1.54) is 19.2 Å². The van der Waals surface area contributed by atoms with E-state index >= 15 is 0 Å². The molecule has 2 rings (SSSR count). The number of nitrogens with zero attached hydrogens (tertiary/aromatic N) is 2. The summed E-state index contributed by atoms with van der Waals surface area (Å²) in [6, 6.07) is 4.62. The molecule has 2 heterocycles. The molecule has 8 heteroatoms. The van der Waals surface area contributed by atoms with E-state index in [1.807, 2.05) is 0 Å². The average molecular weight is 296 g/mol. The maximum absolute atomic E-state index is 13.5. The molecular formula is C13H11F3N4O. The molecule has 1 aliphatic heterocycles. The van der Waals surface area contributed by atoms with Crippen LogP contribution in [0.4, 0.5) is 19.0 Å². The number of hydrogen-bond acceptors (Lipinski definition) is 5. The smallest absolute Gasteiger partial charge is 0.351 e. The fourth-order valence-electron chi connectivity index (χ4n) is 2.05. The molecule has 5 nitrogen and oxygen atoms in total. The van der Waals surface area contributed by atoms with E-state index in [1.54, 1.807) is 19.1 Å². The third-order valence-corrected chi connectivity index (χ3v) is 3.17. The molecule has 1 aromatic heterocycles. The molecule has 21 heavy (non-hydrogen) atoms. The van der Waals surface area contributed by atoms with Crippen molar-refractivity contribution in [3.63, 3.8) is 0 Å². The van der Waals surface area contributed by atoms with Crippen molar-refractivity contribution in [3.8, 4) is 6.07 Å². The zero-order chi connectivity index (χ0) is 15.8. The molecule has 0 amide bonds. The molecule has 0 aromatic carbocycles. The predicted molar refractivity (Wildman–Crippen MR) is 67.8 cm³/mol. The normalized spacial score (nSPS) is 22.0. The lowest BCUT2D eigenvalue weighted by molar-refractivity contribution is -0.185. The van der Waals surface area contributed by atoms with E-state index in [4.69, 9.17) is 5.26 Å². The van der Waals surface area contributed by atoms with Crippen LogP contribution in [0.1, 0.15) is 12.5 Å². The third kappa shape index (κ3) is 2.20. The lowest BCUT2D eigenvalue weighted by Gasteiger charge is -2.33. The van der Waals surface area contributed by atoms with Crippen molar-refractivity contribution in [2.24, 2.45) is 0 Å². The van der Waals surface area contributed by atoms with Crippen molar-refractivity contribution in [3.05, 3.63) is 35.2 Å². The molecule has 0 radical (unpaired) electrons. The molecule has 110 valence electrons. The number of pyridine rings is 1. The van der Waals surface area contributed by atoms with Crippen LogP contribution in [0.3, 0.4) is 0 Å². The largest absolute Gasteiger partial charge is 0.438 e. The molecular weight excluding hydrogens is 285 g/mol. The first kappa shape index (κ1) is 14.8. The number of halogens is 3. The van der Waals surface area contributed by atoms with Gasteiger partial charge in [0.15, 0.2) is 0 Å². The molecule has 1 aliphatic rings. The van der Waals surface area contributed by atoms with Crippen molar-refractivity contribution < 1.29 is 18.0 Å². The standard InChI is InChI=1S/C13H11F3N4O/c1-7-4-3-5-18-11(7)20-12(13(14,15)16)10(21)9(6-17)8(2)19-12/h3-5,19H,1-2H3,(H,18,20)/t12-/m0/s1. The first-order valence-electron chi connectivity index (χ1n) is 5.93. The van der Waals surface area contributed by atoms with Gasteiger partial charge in [-0.15, -0.1) is 0 Å². The van der Waals surface area contributed by atoms with Crippen LogP contribution < -0.4 is 10.6 Å². The Hall–Kier alpha value is -2.56. The Kier molecular flexibility index (Phi) is 3.37. The van der Waals surface area contributed by atoms with E-state index in [9.17, 15) is 18.0 Å². The number of ketones is 1. The molecule has 0 spiro atoms. The van der Waals surface area contributed by atoms with Gasteiger partial charge in [0.05, 0.1) is 0 Å². The number of carbonyl (C=O) groups excluding carboxylic acids is 1. The van der Waals surface area contributed by atoms with Crippen LogP contribution in [0.25, 0.3) is 0 Å². The summed E-state index contributed by atoms with van der Waals surface area (Å²) >= 11 is 0. The zero-order valence-electron chi connectivity index (χ0n) is 11.2. The van der Waals surface area contributed by atoms with E-state index in [0.29, 0.717) is 5.56 Å². The van der Waals surface area contributed by atoms with Crippen LogP contribution in [-0.4, -0.2) is 22.6 Å². The minimum atomic E-state index is -4.95. The number of rotatable bonds is 2. The van der Waals surface area contributed by atoms with Gasteiger partial charge in [0, 0.05) is 11.9 Å². The highest BCUT2D eigenvalue weighted by molar-refractivity contribution is 6.10. The Morgan fingerprint density at radius 2 is 2.10 bits per heavy atom. The molecule has 0 saturated carbocycles. The topological polar surface area (TPSA) is 77.8 Å². The maximum Gasteiger partial charge on any atom is 0.438 e. The zero-order valence-corrected chi connectivity index (χ0v) is 11.2.